The van der Waals surface area contributed by atoms with Crippen molar-refractivity contribution >= 4 is 0 Å². The minimum absolute atomic E-state index is 0.0677. The molecule has 0 bridgehead atoms. The molecule has 0 unspecified atom stereocenters. The van der Waals surface area contributed by atoms with E-state index in [2.05, 4.69) is 34.6 Å². The maximum Gasteiger partial charge on any atom is 0.0633 e. The average Bonchev–Trinajstić information content (AvgIpc) is 2.94. The van der Waals surface area contributed by atoms with E-state index < -0.39 is 0 Å². The highest BCUT2D eigenvalue weighted by Crippen LogP contribution is 2.74. The van der Waals surface area contributed by atoms with Gasteiger partial charge in [0.25, 0.3) is 0 Å². The van der Waals surface area contributed by atoms with Gasteiger partial charge in [-0.1, -0.05) is 34.6 Å². The quantitative estimate of drug-likeness (QED) is 0.772. The van der Waals surface area contributed by atoms with Crippen molar-refractivity contribution in [3.05, 3.63) is 0 Å². The Morgan fingerprint density at radius 2 is 1.55 bits per heavy atom. The number of fused-ring (bicyclic) bond motifs is 4. The van der Waals surface area contributed by atoms with Crippen LogP contribution < -0.4 is 0 Å². The van der Waals surface area contributed by atoms with Gasteiger partial charge in [-0.2, -0.15) is 0 Å². The van der Waals surface area contributed by atoms with E-state index in [0.717, 1.165) is 18.8 Å². The van der Waals surface area contributed by atoms with Crippen LogP contribution in [0, 0.1) is 45.8 Å². The first-order chi connectivity index (χ1) is 10.1. The Morgan fingerprint density at radius 3 is 2.18 bits per heavy atom. The van der Waals surface area contributed by atoms with Gasteiger partial charge in [0.05, 0.1) is 12.2 Å². The molecule has 9 atom stereocenters. The van der Waals surface area contributed by atoms with Crippen molar-refractivity contribution in [2.75, 3.05) is 0 Å². The summed E-state index contributed by atoms with van der Waals surface area (Å²) in [6.45, 7) is 11.7. The van der Waals surface area contributed by atoms with Crippen molar-refractivity contribution in [3.8, 4) is 0 Å². The van der Waals surface area contributed by atoms with E-state index in [9.17, 15) is 10.2 Å². The van der Waals surface area contributed by atoms with Crippen molar-refractivity contribution in [1.82, 2.24) is 0 Å². The van der Waals surface area contributed by atoms with Crippen molar-refractivity contribution in [1.29, 1.82) is 0 Å². The fourth-order valence-corrected chi connectivity index (χ4v) is 7.26. The molecule has 4 aliphatic carbocycles. The largest absolute Gasteiger partial charge is 0.393 e. The smallest absolute Gasteiger partial charge is 0.0633 e. The number of hydrogen-bond acceptors (Lipinski definition) is 2. The molecule has 0 heterocycles. The zero-order chi connectivity index (χ0) is 16.1. The van der Waals surface area contributed by atoms with Gasteiger partial charge in [0.2, 0.25) is 0 Å². The first kappa shape index (κ1) is 15.4. The molecule has 126 valence electrons. The van der Waals surface area contributed by atoms with E-state index in [4.69, 9.17) is 0 Å². The van der Waals surface area contributed by atoms with E-state index in [1.54, 1.807) is 0 Å². The van der Waals surface area contributed by atoms with Gasteiger partial charge in [0, 0.05) is 0 Å². The highest BCUT2D eigenvalue weighted by Gasteiger charge is 2.72. The van der Waals surface area contributed by atoms with Crippen LogP contribution in [0.4, 0.5) is 0 Å². The monoisotopic (exact) mass is 306 g/mol. The molecule has 2 nitrogen and oxygen atoms in total. The molecular weight excluding hydrogens is 272 g/mol. The standard InChI is InChI=1S/C20H34O2/c1-11(2)13-6-7-18(3)10-14(21)20(5)9-12-8-19(12,4)17(22)16(20)15(13)18/h11-17,21-22H,6-10H2,1-5H3/t12-,13+,14-,15+,16+,17+,18-,19-,20-/m1/s1. The van der Waals surface area contributed by atoms with Crippen LogP contribution >= 0.6 is 0 Å². The molecule has 0 spiro atoms. The van der Waals surface area contributed by atoms with Crippen LogP contribution in [0.3, 0.4) is 0 Å². The van der Waals surface area contributed by atoms with Crippen molar-refractivity contribution in [2.45, 2.75) is 78.9 Å². The maximum absolute atomic E-state index is 11.3. The average molecular weight is 306 g/mol. The fraction of sp³-hybridized carbons (Fsp3) is 1.00. The Bertz CT molecular complexity index is 488. The normalized spacial score (nSPS) is 63.3. The summed E-state index contributed by atoms with van der Waals surface area (Å²) in [5, 5.41) is 22.3. The lowest BCUT2D eigenvalue weighted by molar-refractivity contribution is -0.199. The Labute approximate surface area is 135 Å². The Balaban J connectivity index is 1.80. The molecule has 0 saturated heterocycles. The summed E-state index contributed by atoms with van der Waals surface area (Å²) in [6, 6.07) is 0. The van der Waals surface area contributed by atoms with Crippen LogP contribution in [0.25, 0.3) is 0 Å². The van der Waals surface area contributed by atoms with Gasteiger partial charge in [0.1, 0.15) is 0 Å². The van der Waals surface area contributed by atoms with Gasteiger partial charge in [-0.3, -0.25) is 0 Å². The van der Waals surface area contributed by atoms with E-state index >= 15 is 0 Å². The van der Waals surface area contributed by atoms with Gasteiger partial charge in [0.15, 0.2) is 0 Å². The van der Waals surface area contributed by atoms with Crippen molar-refractivity contribution in [2.24, 2.45) is 45.8 Å². The van der Waals surface area contributed by atoms with Crippen LogP contribution in [0.15, 0.2) is 0 Å². The van der Waals surface area contributed by atoms with E-state index in [0.29, 0.717) is 23.7 Å². The zero-order valence-corrected chi connectivity index (χ0v) is 15.0. The van der Waals surface area contributed by atoms with Gasteiger partial charge >= 0.3 is 0 Å². The molecule has 2 heteroatoms. The van der Waals surface area contributed by atoms with Gasteiger partial charge in [-0.25, -0.2) is 0 Å². The second kappa shape index (κ2) is 4.30. The molecule has 0 radical (unpaired) electrons. The maximum atomic E-state index is 11.3. The van der Waals surface area contributed by atoms with Crippen LogP contribution in [-0.2, 0) is 0 Å². The van der Waals surface area contributed by atoms with Crippen LogP contribution in [0.5, 0.6) is 0 Å². The molecule has 0 aliphatic heterocycles. The summed E-state index contributed by atoms with van der Waals surface area (Å²) in [4.78, 5) is 0. The number of hydrogen-bond donors (Lipinski definition) is 2. The summed E-state index contributed by atoms with van der Waals surface area (Å²) < 4.78 is 0. The molecule has 4 fully saturated rings. The Morgan fingerprint density at radius 1 is 0.909 bits per heavy atom. The predicted molar refractivity (Wildman–Crippen MR) is 88.2 cm³/mol. The minimum atomic E-state index is -0.232. The third-order valence-electron chi connectivity index (χ3n) is 8.90. The molecule has 2 N–H and O–H groups in total. The third-order valence-corrected chi connectivity index (χ3v) is 8.90. The molecule has 4 saturated carbocycles. The molecule has 22 heavy (non-hydrogen) atoms. The van der Waals surface area contributed by atoms with Gasteiger partial charge in [-0.05, 0) is 77.9 Å². The molecule has 0 amide bonds. The Hall–Kier alpha value is -0.0800. The second-order valence-corrected chi connectivity index (χ2v) is 10.4. The van der Waals surface area contributed by atoms with E-state index in [1.807, 2.05) is 0 Å². The minimum Gasteiger partial charge on any atom is -0.393 e. The molecular formula is C20H34O2. The summed E-state index contributed by atoms with van der Waals surface area (Å²) in [5.41, 5.74) is 0.311. The van der Waals surface area contributed by atoms with Crippen LogP contribution in [0.2, 0.25) is 0 Å². The third kappa shape index (κ3) is 1.69. The SMILES string of the molecule is CC(C)[C@@H]1CC[C@]2(C)C[C@@H](O)[C@@]3(C)C[C@H]4C[C@@]4(C)[C@@H](O)[C@@H]3[C@H]12. The molecule has 4 rings (SSSR count). The lowest BCUT2D eigenvalue weighted by Crippen LogP contribution is -2.61. The van der Waals surface area contributed by atoms with Crippen molar-refractivity contribution < 1.29 is 10.2 Å². The van der Waals surface area contributed by atoms with Crippen LogP contribution in [0.1, 0.15) is 66.7 Å². The van der Waals surface area contributed by atoms with Crippen molar-refractivity contribution in [3.63, 3.8) is 0 Å². The van der Waals surface area contributed by atoms with E-state index in [-0.39, 0.29) is 28.5 Å². The van der Waals surface area contributed by atoms with Gasteiger partial charge < -0.3 is 10.2 Å². The molecule has 0 aromatic carbocycles. The van der Waals surface area contributed by atoms with Gasteiger partial charge in [-0.15, -0.1) is 0 Å². The predicted octanol–water partition coefficient (Wildman–Crippen LogP) is 3.85. The molecule has 0 aromatic rings. The first-order valence-corrected chi connectivity index (χ1v) is 9.50. The van der Waals surface area contributed by atoms with Crippen LogP contribution in [-0.4, -0.2) is 22.4 Å². The summed E-state index contributed by atoms with van der Waals surface area (Å²) >= 11 is 0. The molecule has 4 aliphatic rings. The lowest BCUT2D eigenvalue weighted by Gasteiger charge is -2.61. The molecule has 0 aromatic heterocycles. The highest BCUT2D eigenvalue weighted by molar-refractivity contribution is 5.21. The highest BCUT2D eigenvalue weighted by atomic mass is 16.3. The lowest BCUT2D eigenvalue weighted by atomic mass is 9.46. The number of rotatable bonds is 1. The van der Waals surface area contributed by atoms with E-state index in [1.165, 1.54) is 19.3 Å². The number of aliphatic hydroxyl groups excluding tert-OH is 2. The zero-order valence-electron chi connectivity index (χ0n) is 15.0. The number of aliphatic hydroxyl groups is 2. The summed E-state index contributed by atoms with van der Waals surface area (Å²) in [7, 11) is 0. The first-order valence-electron chi connectivity index (χ1n) is 9.50. The second-order valence-electron chi connectivity index (χ2n) is 10.4. The summed E-state index contributed by atoms with van der Waals surface area (Å²) in [6.07, 6.45) is 5.32. The summed E-state index contributed by atoms with van der Waals surface area (Å²) in [5.74, 6) is 2.93. The topological polar surface area (TPSA) is 40.5 Å². The Kier molecular flexibility index (Phi) is 3.02. The fourth-order valence-electron chi connectivity index (χ4n) is 7.26.